The van der Waals surface area contributed by atoms with Crippen LogP contribution in [-0.4, -0.2) is 70.0 Å². The Morgan fingerprint density at radius 1 is 0.484 bits per heavy atom. The number of likely N-dealkylation sites (N-methyl/N-ethyl adjacent to an activating group) is 1. The van der Waals surface area contributed by atoms with Gasteiger partial charge in [-0.2, -0.15) is 0 Å². The zero-order chi connectivity index (χ0) is 47.1. The molecule has 0 N–H and O–H groups in total. The molecular weight excluding hydrogens is 822 g/mol. The van der Waals surface area contributed by atoms with E-state index in [0.29, 0.717) is 17.4 Å². The molecule has 0 amide bonds. The third-order valence-electron chi connectivity index (χ3n) is 12.0. The van der Waals surface area contributed by atoms with Crippen molar-refractivity contribution < 1.29 is 42.1 Å². The Balaban J connectivity index is 3.77. The first-order valence-corrected chi connectivity index (χ1v) is 28.5. The zero-order valence-corrected chi connectivity index (χ0v) is 43.6. The molecule has 2 unspecified atom stereocenters. The zero-order valence-electron chi connectivity index (χ0n) is 42.7. The second kappa shape index (κ2) is 46.6. The van der Waals surface area contributed by atoms with Crippen LogP contribution in [0.1, 0.15) is 258 Å². The van der Waals surface area contributed by atoms with Crippen molar-refractivity contribution in [1.29, 1.82) is 0 Å². The van der Waals surface area contributed by atoms with Crippen LogP contribution in [-0.2, 0) is 32.7 Å². The summed E-state index contributed by atoms with van der Waals surface area (Å²) in [5, 5.41) is 0. The Bertz CT molecular complexity index is 1140. The molecule has 9 nitrogen and oxygen atoms in total. The maximum Gasteiger partial charge on any atom is 0.306 e. The van der Waals surface area contributed by atoms with E-state index in [1.165, 1.54) is 173 Å². The summed E-state index contributed by atoms with van der Waals surface area (Å²) in [6, 6.07) is 0. The third kappa shape index (κ3) is 49.9. The van der Waals surface area contributed by atoms with Crippen LogP contribution in [0, 0.1) is 0 Å². The number of esters is 2. The van der Waals surface area contributed by atoms with Gasteiger partial charge < -0.3 is 27.9 Å². The second-order valence-corrected chi connectivity index (χ2v) is 21.0. The molecule has 0 aromatic rings. The molecule has 64 heavy (non-hydrogen) atoms. The van der Waals surface area contributed by atoms with Gasteiger partial charge in [0.05, 0.1) is 27.7 Å². The molecular formula is C54H104NO8P. The van der Waals surface area contributed by atoms with E-state index in [2.05, 4.69) is 38.2 Å². The minimum atomic E-state index is -4.61. The lowest BCUT2D eigenvalue weighted by Crippen LogP contribution is -2.37. The van der Waals surface area contributed by atoms with Crippen molar-refractivity contribution in [2.75, 3.05) is 47.5 Å². The summed E-state index contributed by atoms with van der Waals surface area (Å²) in [5.41, 5.74) is 0. The molecule has 378 valence electrons. The van der Waals surface area contributed by atoms with Crippen LogP contribution in [0.15, 0.2) is 24.3 Å². The number of carbonyl (C=O) groups is 2. The van der Waals surface area contributed by atoms with Gasteiger partial charge in [-0.05, 0) is 44.9 Å². The quantitative estimate of drug-likeness (QED) is 0.0195. The monoisotopic (exact) mass is 926 g/mol. The number of nitrogens with zero attached hydrogens (tertiary/aromatic N) is 1. The van der Waals surface area contributed by atoms with E-state index in [9.17, 15) is 19.0 Å². The van der Waals surface area contributed by atoms with Gasteiger partial charge in [0.25, 0.3) is 7.82 Å². The highest BCUT2D eigenvalue weighted by atomic mass is 31.2. The standard InChI is InChI=1S/C54H104NO8P/c1-6-8-10-12-13-14-15-16-17-18-19-20-21-22-23-24-25-26-27-28-29-30-31-32-33-34-35-36-37-38-39-40-41-43-45-47-54(57)63-52(50-60-53(56)46-44-42-11-9-7-2)51-62-64(58,59)61-49-48-55(3,4)5/h15-16,18-19,52H,6-14,17,20-51H2,1-5H3/b16-15-,19-18-. The average molecular weight is 926 g/mol. The molecule has 0 saturated heterocycles. The highest BCUT2D eigenvalue weighted by Crippen LogP contribution is 2.38. The number of carbonyl (C=O) groups excluding carboxylic acids is 2. The van der Waals surface area contributed by atoms with Crippen molar-refractivity contribution in [3.8, 4) is 0 Å². The summed E-state index contributed by atoms with van der Waals surface area (Å²) in [6.45, 7) is 4.15. The number of unbranched alkanes of at least 4 members (excludes halogenated alkanes) is 32. The fraction of sp³-hybridized carbons (Fsp3) is 0.889. The molecule has 10 heteroatoms. The van der Waals surface area contributed by atoms with Gasteiger partial charge in [-0.15, -0.1) is 0 Å². The van der Waals surface area contributed by atoms with Gasteiger partial charge in [-0.25, -0.2) is 0 Å². The predicted molar refractivity (Wildman–Crippen MR) is 268 cm³/mol. The normalized spacial score (nSPS) is 13.5. The summed E-state index contributed by atoms with van der Waals surface area (Å²) in [6.07, 6.45) is 54.5. The Hall–Kier alpha value is -1.51. The topological polar surface area (TPSA) is 111 Å². The Labute approximate surface area is 396 Å². The van der Waals surface area contributed by atoms with E-state index in [1.54, 1.807) is 0 Å². The summed E-state index contributed by atoms with van der Waals surface area (Å²) < 4.78 is 33.8. The fourth-order valence-electron chi connectivity index (χ4n) is 7.75. The fourth-order valence-corrected chi connectivity index (χ4v) is 8.48. The maximum absolute atomic E-state index is 12.7. The number of ether oxygens (including phenoxy) is 2. The smallest absolute Gasteiger partial charge is 0.306 e. The number of phosphoric acid groups is 1. The lowest BCUT2D eigenvalue weighted by atomic mass is 10.0. The van der Waals surface area contributed by atoms with Gasteiger partial charge in [0, 0.05) is 12.8 Å². The highest BCUT2D eigenvalue weighted by molar-refractivity contribution is 7.45. The van der Waals surface area contributed by atoms with Gasteiger partial charge in [-0.3, -0.25) is 14.2 Å². The molecule has 0 aromatic heterocycles. The molecule has 0 heterocycles. The van der Waals surface area contributed by atoms with Crippen LogP contribution in [0.4, 0.5) is 0 Å². The average Bonchev–Trinajstić information content (AvgIpc) is 3.25. The first-order valence-electron chi connectivity index (χ1n) is 27.0. The molecule has 0 saturated carbocycles. The highest BCUT2D eigenvalue weighted by Gasteiger charge is 2.21. The number of phosphoric ester groups is 1. The minimum Gasteiger partial charge on any atom is -0.756 e. The summed E-state index contributed by atoms with van der Waals surface area (Å²) in [5.74, 6) is -0.837. The molecule has 0 aliphatic rings. The van der Waals surface area contributed by atoms with E-state index in [1.807, 2.05) is 21.1 Å². The van der Waals surface area contributed by atoms with E-state index >= 15 is 0 Å². The van der Waals surface area contributed by atoms with Crippen molar-refractivity contribution in [1.82, 2.24) is 0 Å². The molecule has 0 aliphatic carbocycles. The van der Waals surface area contributed by atoms with E-state index in [0.717, 1.165) is 51.4 Å². The largest absolute Gasteiger partial charge is 0.756 e. The van der Waals surface area contributed by atoms with Crippen molar-refractivity contribution in [3.63, 3.8) is 0 Å². The van der Waals surface area contributed by atoms with Gasteiger partial charge in [0.1, 0.15) is 19.8 Å². The van der Waals surface area contributed by atoms with Crippen molar-refractivity contribution in [2.45, 2.75) is 264 Å². The molecule has 0 bridgehead atoms. The van der Waals surface area contributed by atoms with Crippen molar-refractivity contribution in [2.24, 2.45) is 0 Å². The van der Waals surface area contributed by atoms with Gasteiger partial charge in [-0.1, -0.05) is 224 Å². The SMILES string of the molecule is CCCCCCC/C=C\C/C=C\CCCCCCCCCCCCCCCCCCCCCCCCCC(=O)OC(COC(=O)CCCCCCC)COP(=O)([O-])OCC[N+](C)(C)C. The Morgan fingerprint density at radius 3 is 1.23 bits per heavy atom. The first-order chi connectivity index (χ1) is 31.0. The number of allylic oxidation sites excluding steroid dienone is 4. The predicted octanol–water partition coefficient (Wildman–Crippen LogP) is 15.6. The Morgan fingerprint density at radius 2 is 0.844 bits per heavy atom. The third-order valence-corrected chi connectivity index (χ3v) is 12.9. The number of rotatable bonds is 50. The van der Waals surface area contributed by atoms with E-state index in [4.69, 9.17) is 18.5 Å². The molecule has 0 radical (unpaired) electrons. The van der Waals surface area contributed by atoms with Crippen LogP contribution < -0.4 is 4.89 Å². The molecule has 0 aliphatic heterocycles. The van der Waals surface area contributed by atoms with Crippen molar-refractivity contribution in [3.05, 3.63) is 24.3 Å². The lowest BCUT2D eigenvalue weighted by Gasteiger charge is -2.28. The number of quaternary nitrogens is 1. The Kier molecular flexibility index (Phi) is 45.5. The summed E-state index contributed by atoms with van der Waals surface area (Å²) >= 11 is 0. The van der Waals surface area contributed by atoms with Crippen LogP contribution in [0.25, 0.3) is 0 Å². The summed E-state index contributed by atoms with van der Waals surface area (Å²) in [7, 11) is 1.18. The maximum atomic E-state index is 12.7. The van der Waals surface area contributed by atoms with Gasteiger partial charge >= 0.3 is 11.9 Å². The van der Waals surface area contributed by atoms with Crippen LogP contribution in [0.2, 0.25) is 0 Å². The first kappa shape index (κ1) is 62.5. The van der Waals surface area contributed by atoms with E-state index in [-0.39, 0.29) is 26.1 Å². The molecule has 0 spiro atoms. The van der Waals surface area contributed by atoms with Crippen LogP contribution in [0.3, 0.4) is 0 Å². The van der Waals surface area contributed by atoms with Crippen LogP contribution >= 0.6 is 7.82 Å². The molecule has 0 fully saturated rings. The lowest BCUT2D eigenvalue weighted by molar-refractivity contribution is -0.870. The summed E-state index contributed by atoms with van der Waals surface area (Å²) in [4.78, 5) is 37.3. The van der Waals surface area contributed by atoms with Gasteiger partial charge in [0.15, 0.2) is 6.10 Å². The molecule has 0 aromatic carbocycles. The second-order valence-electron chi connectivity index (χ2n) is 19.6. The molecule has 2 atom stereocenters. The van der Waals surface area contributed by atoms with Crippen molar-refractivity contribution >= 4 is 19.8 Å². The molecule has 0 rings (SSSR count). The van der Waals surface area contributed by atoms with Crippen LogP contribution in [0.5, 0.6) is 0 Å². The van der Waals surface area contributed by atoms with Gasteiger partial charge in [0.2, 0.25) is 0 Å². The number of hydrogen-bond donors (Lipinski definition) is 0. The number of hydrogen-bond acceptors (Lipinski definition) is 8. The minimum absolute atomic E-state index is 0.0278. The van der Waals surface area contributed by atoms with E-state index < -0.39 is 32.5 Å².